The van der Waals surface area contributed by atoms with E-state index in [1.54, 1.807) is 42.5 Å². The van der Waals surface area contributed by atoms with E-state index >= 15 is 0 Å². The lowest BCUT2D eigenvalue weighted by molar-refractivity contribution is -0.143. The molecule has 2 rings (SSSR count). The molecule has 0 fully saturated rings. The van der Waals surface area contributed by atoms with Gasteiger partial charge in [0.25, 0.3) is 0 Å². The molecule has 0 amide bonds. The van der Waals surface area contributed by atoms with E-state index in [1.165, 1.54) is 0 Å². The highest BCUT2D eigenvalue weighted by Gasteiger charge is 2.37. The van der Waals surface area contributed by atoms with Crippen LogP contribution in [0.15, 0.2) is 60.3 Å². The maximum absolute atomic E-state index is 13.1. The van der Waals surface area contributed by atoms with Crippen LogP contribution in [0.3, 0.4) is 0 Å². The molecule has 0 N–H and O–H groups in total. The van der Waals surface area contributed by atoms with Crippen LogP contribution in [0.5, 0.6) is 0 Å². The Bertz CT molecular complexity index is 899. The highest BCUT2D eigenvalue weighted by atomic mass is 19.4. The topological polar surface area (TPSA) is 50.8 Å². The third kappa shape index (κ3) is 5.27. The third-order valence-corrected chi connectivity index (χ3v) is 3.63. The molecule has 0 atom stereocenters. The first-order valence-electron chi connectivity index (χ1n) is 7.66. The van der Waals surface area contributed by atoms with Crippen LogP contribution in [-0.4, -0.2) is 0 Å². The molecular weight excluding hydrogens is 384 g/mol. The Kier molecular flexibility index (Phi) is 5.99. The average molecular weight is 395 g/mol. The van der Waals surface area contributed by atoms with Crippen molar-refractivity contribution >= 4 is 5.69 Å². The van der Waals surface area contributed by atoms with Crippen molar-refractivity contribution < 1.29 is 26.3 Å². The Balaban J connectivity index is 2.66. The summed E-state index contributed by atoms with van der Waals surface area (Å²) in [5.41, 5.74) is -3.34. The van der Waals surface area contributed by atoms with E-state index in [-0.39, 0.29) is 12.6 Å². The van der Waals surface area contributed by atoms with Crippen LogP contribution in [0, 0.1) is 22.7 Å². The monoisotopic (exact) mass is 395 g/mol. The van der Waals surface area contributed by atoms with Crippen LogP contribution in [0.1, 0.15) is 16.7 Å². The minimum Gasteiger partial charge on any atom is -0.341 e. The Morgan fingerprint density at radius 1 is 0.857 bits per heavy atom. The summed E-state index contributed by atoms with van der Waals surface area (Å²) < 4.78 is 78.7. The predicted molar refractivity (Wildman–Crippen MR) is 88.4 cm³/mol. The van der Waals surface area contributed by atoms with Gasteiger partial charge in [-0.2, -0.15) is 36.9 Å². The molecule has 0 radical (unpaired) electrons. The van der Waals surface area contributed by atoms with Crippen LogP contribution in [0.25, 0.3) is 0 Å². The Morgan fingerprint density at radius 3 is 1.79 bits per heavy atom. The highest BCUT2D eigenvalue weighted by molar-refractivity contribution is 5.57. The van der Waals surface area contributed by atoms with Gasteiger partial charge in [-0.25, -0.2) is 0 Å². The van der Waals surface area contributed by atoms with Crippen LogP contribution < -0.4 is 4.90 Å². The van der Waals surface area contributed by atoms with E-state index in [0.29, 0.717) is 17.7 Å². The number of benzene rings is 2. The molecular formula is C19H11F6N3. The summed E-state index contributed by atoms with van der Waals surface area (Å²) in [4.78, 5) is 1.00. The van der Waals surface area contributed by atoms with Crippen molar-refractivity contribution in [3.63, 3.8) is 0 Å². The smallest absolute Gasteiger partial charge is 0.341 e. The van der Waals surface area contributed by atoms with Crippen molar-refractivity contribution in [3.05, 3.63) is 77.0 Å². The number of nitrogens with zero attached hydrogens (tertiary/aromatic N) is 3. The fourth-order valence-electron chi connectivity index (χ4n) is 2.33. The molecule has 3 nitrogen and oxygen atoms in total. The van der Waals surface area contributed by atoms with E-state index in [4.69, 9.17) is 10.5 Å². The van der Waals surface area contributed by atoms with Gasteiger partial charge in [-0.15, -0.1) is 0 Å². The summed E-state index contributed by atoms with van der Waals surface area (Å²) in [6.45, 7) is -0.147. The molecule has 144 valence electrons. The number of hydrogen-bond acceptors (Lipinski definition) is 3. The molecule has 0 saturated heterocycles. The van der Waals surface area contributed by atoms with Crippen molar-refractivity contribution in [3.8, 4) is 12.1 Å². The van der Waals surface area contributed by atoms with Gasteiger partial charge in [0, 0.05) is 18.4 Å². The molecule has 0 unspecified atom stereocenters. The second-order valence-corrected chi connectivity index (χ2v) is 5.64. The number of halogens is 6. The number of allylic oxidation sites excluding steroid dienone is 1. The fraction of sp³-hybridized carbons (Fsp3) is 0.158. The second-order valence-electron chi connectivity index (χ2n) is 5.64. The summed E-state index contributed by atoms with van der Waals surface area (Å²) in [6.07, 6.45) is -9.10. The van der Waals surface area contributed by atoms with E-state index in [9.17, 15) is 26.3 Å². The zero-order valence-corrected chi connectivity index (χ0v) is 14.0. The van der Waals surface area contributed by atoms with Crippen LogP contribution in [0.4, 0.5) is 32.0 Å². The summed E-state index contributed by atoms with van der Waals surface area (Å²) in [5, 5.41) is 17.9. The first-order chi connectivity index (χ1) is 13.0. The minimum atomic E-state index is -5.01. The maximum atomic E-state index is 13.1. The summed E-state index contributed by atoms with van der Waals surface area (Å²) in [5.74, 6) is 0. The van der Waals surface area contributed by atoms with Crippen LogP contribution in [0.2, 0.25) is 0 Å². The molecule has 0 bridgehead atoms. The zero-order chi connectivity index (χ0) is 20.9. The van der Waals surface area contributed by atoms with Gasteiger partial charge in [0.2, 0.25) is 0 Å². The molecule has 0 saturated carbocycles. The van der Waals surface area contributed by atoms with Crippen molar-refractivity contribution in [2.75, 3.05) is 4.90 Å². The van der Waals surface area contributed by atoms with E-state index in [1.807, 2.05) is 0 Å². The molecule has 9 heteroatoms. The van der Waals surface area contributed by atoms with Crippen molar-refractivity contribution in [2.24, 2.45) is 0 Å². The van der Waals surface area contributed by atoms with Gasteiger partial charge >= 0.3 is 12.4 Å². The highest BCUT2D eigenvalue weighted by Crippen LogP contribution is 2.38. The third-order valence-electron chi connectivity index (χ3n) is 3.63. The van der Waals surface area contributed by atoms with Gasteiger partial charge in [-0.1, -0.05) is 30.3 Å². The SMILES string of the molecule is N#CC(C#N)=CN(Cc1ccccc1)c1cc(C(F)(F)F)cc(C(F)(F)F)c1. The van der Waals surface area contributed by atoms with Gasteiger partial charge in [0.1, 0.15) is 17.7 Å². The lowest BCUT2D eigenvalue weighted by atomic mass is 10.1. The Morgan fingerprint density at radius 2 is 1.36 bits per heavy atom. The van der Waals surface area contributed by atoms with Gasteiger partial charge in [-0.3, -0.25) is 0 Å². The van der Waals surface area contributed by atoms with Gasteiger partial charge in [0.15, 0.2) is 0 Å². The molecule has 0 aliphatic rings. The Hall–Kier alpha value is -3.46. The molecule has 28 heavy (non-hydrogen) atoms. The summed E-state index contributed by atoms with van der Waals surface area (Å²) in [7, 11) is 0. The number of nitriles is 2. The number of hydrogen-bond donors (Lipinski definition) is 0. The van der Waals surface area contributed by atoms with E-state index in [0.717, 1.165) is 11.1 Å². The van der Waals surface area contributed by atoms with Gasteiger partial charge in [-0.05, 0) is 23.8 Å². The molecule has 0 aliphatic heterocycles. The first-order valence-corrected chi connectivity index (χ1v) is 7.66. The van der Waals surface area contributed by atoms with Crippen molar-refractivity contribution in [1.82, 2.24) is 0 Å². The lowest BCUT2D eigenvalue weighted by Gasteiger charge is -2.23. The van der Waals surface area contributed by atoms with E-state index in [2.05, 4.69) is 0 Å². The minimum absolute atomic E-state index is 0.0173. The molecule has 0 heterocycles. The average Bonchev–Trinajstić information content (AvgIpc) is 2.64. The number of rotatable bonds is 4. The molecule has 0 aromatic heterocycles. The van der Waals surface area contributed by atoms with E-state index < -0.39 is 34.7 Å². The predicted octanol–water partition coefficient (Wildman–Crippen LogP) is 5.66. The van der Waals surface area contributed by atoms with Crippen molar-refractivity contribution in [1.29, 1.82) is 10.5 Å². The summed E-state index contributed by atoms with van der Waals surface area (Å²) in [6, 6.07) is 12.4. The normalized spacial score (nSPS) is 11.3. The van der Waals surface area contributed by atoms with Crippen LogP contribution >= 0.6 is 0 Å². The van der Waals surface area contributed by atoms with Gasteiger partial charge in [0.05, 0.1) is 11.1 Å². The molecule has 2 aromatic carbocycles. The standard InChI is InChI=1S/C19H11F6N3/c20-18(21,22)15-6-16(19(23,24)25)8-17(7-15)28(12-14(9-26)10-27)11-13-4-2-1-3-5-13/h1-8,12H,11H2. The maximum Gasteiger partial charge on any atom is 0.416 e. The van der Waals surface area contributed by atoms with Crippen molar-refractivity contribution in [2.45, 2.75) is 18.9 Å². The van der Waals surface area contributed by atoms with Gasteiger partial charge < -0.3 is 4.90 Å². The second kappa shape index (κ2) is 8.05. The molecule has 0 spiro atoms. The zero-order valence-electron chi connectivity index (χ0n) is 14.0. The first kappa shape index (κ1) is 20.8. The lowest BCUT2D eigenvalue weighted by Crippen LogP contribution is -2.19. The number of alkyl halides is 6. The fourth-order valence-corrected chi connectivity index (χ4v) is 2.33. The largest absolute Gasteiger partial charge is 0.416 e. The van der Waals surface area contributed by atoms with Crippen LogP contribution in [-0.2, 0) is 18.9 Å². The quantitative estimate of drug-likeness (QED) is 0.496. The summed E-state index contributed by atoms with van der Waals surface area (Å²) >= 11 is 0. The Labute approximate surface area is 156 Å². The number of anilines is 1. The molecule has 0 aliphatic carbocycles. The molecule has 2 aromatic rings.